The van der Waals surface area contributed by atoms with Crippen molar-refractivity contribution in [1.29, 1.82) is 0 Å². The van der Waals surface area contributed by atoms with E-state index < -0.39 is 12.0 Å². The Morgan fingerprint density at radius 3 is 2.35 bits per heavy atom. The SMILES string of the molecule is CCC(C(=O)O)N(CC)Cc1ccc(N)cc1. The van der Waals surface area contributed by atoms with Crippen LogP contribution in [-0.4, -0.2) is 28.6 Å². The zero-order valence-corrected chi connectivity index (χ0v) is 10.4. The molecular formula is C13H20N2O2. The molecular weight excluding hydrogens is 216 g/mol. The third kappa shape index (κ3) is 3.75. The molecule has 0 spiro atoms. The summed E-state index contributed by atoms with van der Waals surface area (Å²) in [6.45, 7) is 5.23. The smallest absolute Gasteiger partial charge is 0.320 e. The Morgan fingerprint density at radius 1 is 1.35 bits per heavy atom. The van der Waals surface area contributed by atoms with Gasteiger partial charge in [-0.1, -0.05) is 26.0 Å². The summed E-state index contributed by atoms with van der Waals surface area (Å²) in [4.78, 5) is 13.1. The lowest BCUT2D eigenvalue weighted by atomic mass is 10.1. The lowest BCUT2D eigenvalue weighted by molar-refractivity contribution is -0.143. The number of carboxylic acids is 1. The van der Waals surface area contributed by atoms with Gasteiger partial charge in [-0.05, 0) is 30.7 Å². The molecule has 17 heavy (non-hydrogen) atoms. The number of carboxylic acid groups (broad SMARTS) is 1. The van der Waals surface area contributed by atoms with E-state index in [2.05, 4.69) is 0 Å². The minimum Gasteiger partial charge on any atom is -0.480 e. The highest BCUT2D eigenvalue weighted by Gasteiger charge is 2.22. The van der Waals surface area contributed by atoms with Crippen molar-refractivity contribution in [2.75, 3.05) is 12.3 Å². The van der Waals surface area contributed by atoms with Gasteiger partial charge in [0.25, 0.3) is 0 Å². The summed E-state index contributed by atoms with van der Waals surface area (Å²) in [7, 11) is 0. The van der Waals surface area contributed by atoms with Crippen LogP contribution in [0.25, 0.3) is 0 Å². The van der Waals surface area contributed by atoms with Crippen LogP contribution in [0.1, 0.15) is 25.8 Å². The predicted octanol–water partition coefficient (Wildman–Crippen LogP) is 1.95. The summed E-state index contributed by atoms with van der Waals surface area (Å²) in [5.41, 5.74) is 7.42. The molecule has 0 amide bonds. The Labute approximate surface area is 102 Å². The second kappa shape index (κ2) is 6.25. The lowest BCUT2D eigenvalue weighted by Gasteiger charge is -2.26. The van der Waals surface area contributed by atoms with Gasteiger partial charge in [0, 0.05) is 12.2 Å². The summed E-state index contributed by atoms with van der Waals surface area (Å²) < 4.78 is 0. The van der Waals surface area contributed by atoms with Crippen molar-refractivity contribution in [3.8, 4) is 0 Å². The van der Waals surface area contributed by atoms with Crippen molar-refractivity contribution in [2.45, 2.75) is 32.9 Å². The monoisotopic (exact) mass is 236 g/mol. The Hall–Kier alpha value is -1.55. The first-order valence-electron chi connectivity index (χ1n) is 5.89. The topological polar surface area (TPSA) is 66.6 Å². The molecule has 0 radical (unpaired) electrons. The summed E-state index contributed by atoms with van der Waals surface area (Å²) >= 11 is 0. The zero-order chi connectivity index (χ0) is 12.8. The minimum absolute atomic E-state index is 0.419. The van der Waals surface area contributed by atoms with Crippen molar-refractivity contribution in [3.05, 3.63) is 29.8 Å². The van der Waals surface area contributed by atoms with Crippen LogP contribution < -0.4 is 5.73 Å². The highest BCUT2D eigenvalue weighted by molar-refractivity contribution is 5.73. The van der Waals surface area contributed by atoms with Gasteiger partial charge in [-0.3, -0.25) is 9.69 Å². The highest BCUT2D eigenvalue weighted by atomic mass is 16.4. The Kier molecular flexibility index (Phi) is 4.97. The summed E-state index contributed by atoms with van der Waals surface area (Å²) in [5, 5.41) is 9.14. The quantitative estimate of drug-likeness (QED) is 0.741. The maximum atomic E-state index is 11.1. The molecule has 1 aromatic carbocycles. The second-order valence-corrected chi connectivity index (χ2v) is 4.07. The number of carbonyl (C=O) groups is 1. The normalized spacial score (nSPS) is 12.6. The maximum absolute atomic E-state index is 11.1. The molecule has 4 heteroatoms. The summed E-state index contributed by atoms with van der Waals surface area (Å²) in [6, 6.07) is 7.13. The zero-order valence-electron chi connectivity index (χ0n) is 10.4. The van der Waals surface area contributed by atoms with Gasteiger partial charge in [-0.25, -0.2) is 0 Å². The van der Waals surface area contributed by atoms with Gasteiger partial charge in [0.15, 0.2) is 0 Å². The van der Waals surface area contributed by atoms with Gasteiger partial charge < -0.3 is 10.8 Å². The van der Waals surface area contributed by atoms with Crippen molar-refractivity contribution < 1.29 is 9.90 Å². The molecule has 1 rings (SSSR count). The van der Waals surface area contributed by atoms with Crippen LogP contribution in [-0.2, 0) is 11.3 Å². The van der Waals surface area contributed by atoms with Crippen LogP contribution in [0.15, 0.2) is 24.3 Å². The van der Waals surface area contributed by atoms with Gasteiger partial charge >= 0.3 is 5.97 Å². The number of likely N-dealkylation sites (N-methyl/N-ethyl adjacent to an activating group) is 1. The molecule has 0 aliphatic heterocycles. The van der Waals surface area contributed by atoms with Gasteiger partial charge in [-0.2, -0.15) is 0 Å². The number of anilines is 1. The second-order valence-electron chi connectivity index (χ2n) is 4.07. The Balaban J connectivity index is 2.75. The number of nitrogens with two attached hydrogens (primary N) is 1. The van der Waals surface area contributed by atoms with Gasteiger partial charge in [0.1, 0.15) is 6.04 Å². The predicted molar refractivity (Wildman–Crippen MR) is 68.7 cm³/mol. The van der Waals surface area contributed by atoms with E-state index in [0.717, 1.165) is 17.8 Å². The molecule has 0 fully saturated rings. The van der Waals surface area contributed by atoms with E-state index in [9.17, 15) is 4.79 Å². The molecule has 3 N–H and O–H groups in total. The molecule has 94 valence electrons. The fourth-order valence-corrected chi connectivity index (χ4v) is 1.89. The average Bonchev–Trinajstić information content (AvgIpc) is 2.31. The van der Waals surface area contributed by atoms with E-state index in [1.807, 2.05) is 43.0 Å². The molecule has 1 atom stereocenters. The summed E-state index contributed by atoms with van der Waals surface area (Å²) in [5.74, 6) is -0.759. The van der Waals surface area contributed by atoms with Crippen LogP contribution in [0.2, 0.25) is 0 Å². The van der Waals surface area contributed by atoms with Crippen molar-refractivity contribution in [3.63, 3.8) is 0 Å². The number of hydrogen-bond acceptors (Lipinski definition) is 3. The van der Waals surface area contributed by atoms with Crippen LogP contribution in [0, 0.1) is 0 Å². The molecule has 1 aromatic rings. The average molecular weight is 236 g/mol. The highest BCUT2D eigenvalue weighted by Crippen LogP contribution is 2.12. The molecule has 1 unspecified atom stereocenters. The van der Waals surface area contributed by atoms with E-state index in [0.29, 0.717) is 13.0 Å². The molecule has 0 saturated carbocycles. The minimum atomic E-state index is -0.759. The van der Waals surface area contributed by atoms with Gasteiger partial charge in [-0.15, -0.1) is 0 Å². The van der Waals surface area contributed by atoms with E-state index in [-0.39, 0.29) is 0 Å². The maximum Gasteiger partial charge on any atom is 0.320 e. The number of benzene rings is 1. The van der Waals surface area contributed by atoms with Crippen LogP contribution in [0.4, 0.5) is 5.69 Å². The number of nitrogens with zero attached hydrogens (tertiary/aromatic N) is 1. The fraction of sp³-hybridized carbons (Fsp3) is 0.462. The van der Waals surface area contributed by atoms with Crippen LogP contribution in [0.5, 0.6) is 0 Å². The molecule has 0 bridgehead atoms. The lowest BCUT2D eigenvalue weighted by Crippen LogP contribution is -2.40. The Bertz CT molecular complexity index is 362. The van der Waals surface area contributed by atoms with E-state index in [1.165, 1.54) is 0 Å². The largest absolute Gasteiger partial charge is 0.480 e. The van der Waals surface area contributed by atoms with Crippen molar-refractivity contribution in [2.24, 2.45) is 0 Å². The number of nitrogen functional groups attached to an aromatic ring is 1. The first-order chi connectivity index (χ1) is 8.08. The van der Waals surface area contributed by atoms with E-state index >= 15 is 0 Å². The van der Waals surface area contributed by atoms with Crippen molar-refractivity contribution in [1.82, 2.24) is 4.90 Å². The molecule has 0 aromatic heterocycles. The first-order valence-corrected chi connectivity index (χ1v) is 5.89. The van der Waals surface area contributed by atoms with Crippen molar-refractivity contribution >= 4 is 11.7 Å². The molecule has 0 aliphatic rings. The molecule has 0 heterocycles. The molecule has 0 saturated heterocycles. The van der Waals surface area contributed by atoms with Crippen LogP contribution >= 0.6 is 0 Å². The van der Waals surface area contributed by atoms with Gasteiger partial charge in [0.2, 0.25) is 0 Å². The number of rotatable bonds is 6. The fourth-order valence-electron chi connectivity index (χ4n) is 1.89. The third-order valence-electron chi connectivity index (χ3n) is 2.88. The van der Waals surface area contributed by atoms with Crippen LogP contribution in [0.3, 0.4) is 0 Å². The standard InChI is InChI=1S/C13H20N2O2/c1-3-12(13(16)17)15(4-2)9-10-5-7-11(14)8-6-10/h5-8,12H,3-4,9,14H2,1-2H3,(H,16,17). The first kappa shape index (κ1) is 13.5. The van der Waals surface area contributed by atoms with E-state index in [4.69, 9.17) is 10.8 Å². The number of aliphatic carboxylic acids is 1. The third-order valence-corrected chi connectivity index (χ3v) is 2.88. The Morgan fingerprint density at radius 2 is 1.94 bits per heavy atom. The number of hydrogen-bond donors (Lipinski definition) is 2. The van der Waals surface area contributed by atoms with E-state index in [1.54, 1.807) is 0 Å². The van der Waals surface area contributed by atoms with Gasteiger partial charge in [0.05, 0.1) is 0 Å². The molecule has 4 nitrogen and oxygen atoms in total. The summed E-state index contributed by atoms with van der Waals surface area (Å²) in [6.07, 6.45) is 0.609. The molecule has 0 aliphatic carbocycles.